The highest BCUT2D eigenvalue weighted by Gasteiger charge is 2.22. The highest BCUT2D eigenvalue weighted by molar-refractivity contribution is 5.98. The summed E-state index contributed by atoms with van der Waals surface area (Å²) in [7, 11) is 0. The van der Waals surface area contributed by atoms with Crippen LogP contribution in [0.5, 0.6) is 5.75 Å². The van der Waals surface area contributed by atoms with Crippen LogP contribution in [0.25, 0.3) is 95.0 Å². The zero-order valence-corrected chi connectivity index (χ0v) is 32.5. The number of aromatic nitrogens is 3. The molecule has 0 bridgehead atoms. The molecule has 0 aliphatic heterocycles. The molecule has 0 amide bonds. The first-order valence-electron chi connectivity index (χ1n) is 19.9. The summed E-state index contributed by atoms with van der Waals surface area (Å²) in [5.41, 5.74) is 17.5. The highest BCUT2D eigenvalue weighted by Crippen LogP contribution is 2.41. The van der Waals surface area contributed by atoms with Crippen LogP contribution in [-0.4, -0.2) is 19.6 Å². The smallest absolute Gasteiger partial charge is 0.149 e. The van der Waals surface area contributed by atoms with E-state index < -0.39 is 0 Å². The first-order chi connectivity index (χ1) is 29.1. The molecule has 2 heterocycles. The molecule has 4 nitrogen and oxygen atoms in total. The SMILES string of the molecule is Cc1ccc(-n2c(-c3ccccc3O)nc3c(-c4cc(-c5ccccc5)cc(-c5cc(-c6ccc(-c7ccccc7)cc6)ccn5)c4)cccc32)c(-c2ccccc2)c1. The fourth-order valence-corrected chi connectivity index (χ4v) is 8.10. The Morgan fingerprint density at radius 3 is 1.69 bits per heavy atom. The van der Waals surface area contributed by atoms with E-state index in [1.165, 1.54) is 11.1 Å². The highest BCUT2D eigenvalue weighted by atomic mass is 16.3. The molecule has 0 spiro atoms. The van der Waals surface area contributed by atoms with Crippen molar-refractivity contribution in [1.82, 2.24) is 14.5 Å². The van der Waals surface area contributed by atoms with Crippen LogP contribution >= 0.6 is 0 Å². The number of phenolic OH excluding ortho intramolecular Hbond substituents is 1. The van der Waals surface area contributed by atoms with E-state index in [0.717, 1.165) is 78.0 Å². The molecule has 10 rings (SSSR count). The Balaban J connectivity index is 1.16. The first-order valence-corrected chi connectivity index (χ1v) is 19.9. The summed E-state index contributed by atoms with van der Waals surface area (Å²) in [4.78, 5) is 10.4. The number of aryl methyl sites for hydroxylation is 1. The van der Waals surface area contributed by atoms with Gasteiger partial charge in [-0.1, -0.05) is 151 Å². The van der Waals surface area contributed by atoms with E-state index >= 15 is 0 Å². The van der Waals surface area contributed by atoms with Gasteiger partial charge in [0.1, 0.15) is 11.6 Å². The lowest BCUT2D eigenvalue weighted by atomic mass is 9.93. The zero-order chi connectivity index (χ0) is 39.7. The molecule has 4 heteroatoms. The molecule has 0 aliphatic carbocycles. The summed E-state index contributed by atoms with van der Waals surface area (Å²) < 4.78 is 2.20. The third kappa shape index (κ3) is 6.87. The number of imidazole rings is 1. The molecule has 59 heavy (non-hydrogen) atoms. The van der Waals surface area contributed by atoms with Gasteiger partial charge in [0.25, 0.3) is 0 Å². The minimum Gasteiger partial charge on any atom is -0.507 e. The predicted molar refractivity (Wildman–Crippen MR) is 243 cm³/mol. The number of para-hydroxylation sites is 2. The van der Waals surface area contributed by atoms with E-state index in [1.54, 1.807) is 6.07 Å². The second kappa shape index (κ2) is 15.3. The minimum atomic E-state index is 0.174. The van der Waals surface area contributed by atoms with E-state index in [1.807, 2.05) is 42.6 Å². The van der Waals surface area contributed by atoms with Gasteiger partial charge < -0.3 is 5.11 Å². The zero-order valence-electron chi connectivity index (χ0n) is 32.5. The molecule has 0 saturated heterocycles. The van der Waals surface area contributed by atoms with Gasteiger partial charge in [0.2, 0.25) is 0 Å². The van der Waals surface area contributed by atoms with Crippen molar-refractivity contribution in [3.63, 3.8) is 0 Å². The number of hydrogen-bond acceptors (Lipinski definition) is 3. The molecular formula is C55H39N3O. The van der Waals surface area contributed by atoms with Gasteiger partial charge in [-0.05, 0) is 112 Å². The van der Waals surface area contributed by atoms with Crippen molar-refractivity contribution in [3.8, 4) is 89.7 Å². The Morgan fingerprint density at radius 2 is 0.983 bits per heavy atom. The van der Waals surface area contributed by atoms with Crippen LogP contribution in [0.1, 0.15) is 5.56 Å². The number of rotatable bonds is 8. The van der Waals surface area contributed by atoms with E-state index in [4.69, 9.17) is 9.97 Å². The molecule has 8 aromatic carbocycles. The lowest BCUT2D eigenvalue weighted by molar-refractivity contribution is 0.477. The van der Waals surface area contributed by atoms with Crippen LogP contribution in [0.3, 0.4) is 0 Å². The maximum absolute atomic E-state index is 11.3. The Kier molecular flexibility index (Phi) is 9.20. The number of hydrogen-bond donors (Lipinski definition) is 1. The van der Waals surface area contributed by atoms with Crippen molar-refractivity contribution in [3.05, 3.63) is 218 Å². The molecule has 1 N–H and O–H groups in total. The van der Waals surface area contributed by atoms with Gasteiger partial charge in [-0.2, -0.15) is 0 Å². The lowest BCUT2D eigenvalue weighted by Gasteiger charge is -2.16. The van der Waals surface area contributed by atoms with Gasteiger partial charge in [-0.15, -0.1) is 0 Å². The number of pyridine rings is 1. The standard InChI is InChI=1S/C55H39N3O/c1-37-24-29-51(49(32-37)42-18-9-4-10-19-42)58-52-22-13-21-47(54(52)57-55(58)48-20-11-12-23-53(48)59)45-33-44(39-16-7-3-8-17-39)34-46(35-45)50-36-43(30-31-56-50)41-27-25-40(26-28-41)38-14-5-2-6-15-38/h2-36,59H,1H3. The topological polar surface area (TPSA) is 50.9 Å². The van der Waals surface area contributed by atoms with Gasteiger partial charge in [-0.25, -0.2) is 4.98 Å². The molecule has 0 fully saturated rings. The summed E-state index contributed by atoms with van der Waals surface area (Å²) in [6, 6.07) is 71.5. The van der Waals surface area contributed by atoms with Gasteiger partial charge >= 0.3 is 0 Å². The van der Waals surface area contributed by atoms with Crippen LogP contribution in [0.2, 0.25) is 0 Å². The monoisotopic (exact) mass is 757 g/mol. The predicted octanol–water partition coefficient (Wildman–Crippen LogP) is 14.1. The van der Waals surface area contributed by atoms with E-state index in [2.05, 4.69) is 175 Å². The average molecular weight is 758 g/mol. The molecule has 0 radical (unpaired) electrons. The second-order valence-corrected chi connectivity index (χ2v) is 14.9. The summed E-state index contributed by atoms with van der Waals surface area (Å²) in [5, 5.41) is 11.3. The van der Waals surface area contributed by atoms with Gasteiger partial charge in [0.15, 0.2) is 0 Å². The van der Waals surface area contributed by atoms with E-state index in [-0.39, 0.29) is 5.75 Å². The number of benzene rings is 8. The number of nitrogens with zero attached hydrogens (tertiary/aromatic N) is 3. The molecule has 0 aliphatic rings. The number of aromatic hydroxyl groups is 1. The Bertz CT molecular complexity index is 3100. The van der Waals surface area contributed by atoms with Crippen molar-refractivity contribution >= 4 is 11.0 Å². The number of fused-ring (bicyclic) bond motifs is 1. The summed E-state index contributed by atoms with van der Waals surface area (Å²) in [6.07, 6.45) is 1.90. The van der Waals surface area contributed by atoms with Crippen LogP contribution < -0.4 is 0 Å². The van der Waals surface area contributed by atoms with Crippen molar-refractivity contribution in [2.75, 3.05) is 0 Å². The third-order valence-electron chi connectivity index (χ3n) is 11.0. The van der Waals surface area contributed by atoms with Crippen LogP contribution in [0.15, 0.2) is 212 Å². The summed E-state index contributed by atoms with van der Waals surface area (Å²) in [6.45, 7) is 2.12. The van der Waals surface area contributed by atoms with Crippen molar-refractivity contribution in [2.24, 2.45) is 0 Å². The van der Waals surface area contributed by atoms with Crippen molar-refractivity contribution in [1.29, 1.82) is 0 Å². The third-order valence-corrected chi connectivity index (χ3v) is 11.0. The molecule has 2 aromatic heterocycles. The Labute approximate surface area is 344 Å². The van der Waals surface area contributed by atoms with E-state index in [9.17, 15) is 5.11 Å². The number of phenols is 1. The van der Waals surface area contributed by atoms with Crippen LogP contribution in [0, 0.1) is 6.92 Å². The Hall–Kier alpha value is -7.82. The molecule has 0 unspecified atom stereocenters. The normalized spacial score (nSPS) is 11.2. The average Bonchev–Trinajstić information content (AvgIpc) is 3.69. The van der Waals surface area contributed by atoms with Crippen molar-refractivity contribution < 1.29 is 5.11 Å². The van der Waals surface area contributed by atoms with Crippen LogP contribution in [0.4, 0.5) is 0 Å². The second-order valence-electron chi connectivity index (χ2n) is 14.9. The fraction of sp³-hybridized carbons (Fsp3) is 0.0182. The molecule has 0 saturated carbocycles. The molecule has 10 aromatic rings. The van der Waals surface area contributed by atoms with Crippen LogP contribution in [-0.2, 0) is 0 Å². The molecular weight excluding hydrogens is 719 g/mol. The maximum atomic E-state index is 11.3. The molecule has 0 atom stereocenters. The first kappa shape index (κ1) is 35.6. The minimum absolute atomic E-state index is 0.174. The molecule has 280 valence electrons. The lowest BCUT2D eigenvalue weighted by Crippen LogP contribution is -2.01. The van der Waals surface area contributed by atoms with Gasteiger partial charge in [0.05, 0.1) is 28.0 Å². The fourth-order valence-electron chi connectivity index (χ4n) is 8.10. The largest absolute Gasteiger partial charge is 0.507 e. The Morgan fingerprint density at radius 1 is 0.407 bits per heavy atom. The van der Waals surface area contributed by atoms with Gasteiger partial charge in [-0.3, -0.25) is 9.55 Å². The van der Waals surface area contributed by atoms with Crippen molar-refractivity contribution in [2.45, 2.75) is 6.92 Å². The summed E-state index contributed by atoms with van der Waals surface area (Å²) >= 11 is 0. The van der Waals surface area contributed by atoms with E-state index in [0.29, 0.717) is 11.4 Å². The maximum Gasteiger partial charge on any atom is 0.149 e. The van der Waals surface area contributed by atoms with Gasteiger partial charge in [0, 0.05) is 22.9 Å². The summed E-state index contributed by atoms with van der Waals surface area (Å²) in [5.74, 6) is 0.840. The quantitative estimate of drug-likeness (QED) is 0.168.